The van der Waals surface area contributed by atoms with Gasteiger partial charge in [-0.2, -0.15) is 4.68 Å². The van der Waals surface area contributed by atoms with Crippen molar-refractivity contribution in [3.05, 3.63) is 29.8 Å². The van der Waals surface area contributed by atoms with Crippen molar-refractivity contribution in [2.75, 3.05) is 18.0 Å². The maximum absolute atomic E-state index is 11.5. The molecule has 1 aromatic rings. The number of nitrogens with zero attached hydrogens (tertiary/aromatic N) is 3. The summed E-state index contributed by atoms with van der Waals surface area (Å²) in [6, 6.07) is 7.82. The van der Waals surface area contributed by atoms with Gasteiger partial charge in [0.2, 0.25) is 11.8 Å². The Morgan fingerprint density at radius 3 is 2.68 bits per heavy atom. The van der Waals surface area contributed by atoms with Crippen LogP contribution in [0.15, 0.2) is 28.7 Å². The van der Waals surface area contributed by atoms with E-state index in [-0.39, 0.29) is 11.4 Å². The third kappa shape index (κ3) is 2.16. The molecule has 0 saturated heterocycles. The lowest BCUT2D eigenvalue weighted by atomic mass is 10.1. The lowest BCUT2D eigenvalue weighted by molar-refractivity contribution is 0.0915. The van der Waals surface area contributed by atoms with Gasteiger partial charge in [0.15, 0.2) is 5.49 Å². The van der Waals surface area contributed by atoms with Crippen LogP contribution >= 0.6 is 0 Å². The molecule has 2 heterocycles. The third-order valence-electron chi connectivity index (χ3n) is 3.82. The molecular formula is C16H18N4O2. The van der Waals surface area contributed by atoms with Crippen LogP contribution in [-0.2, 0) is 0 Å². The number of hydrogen-bond donors (Lipinski definition) is 1. The van der Waals surface area contributed by atoms with Gasteiger partial charge in [0.05, 0.1) is 5.56 Å². The molecule has 6 nitrogen and oxygen atoms in total. The van der Waals surface area contributed by atoms with Crippen LogP contribution in [0.25, 0.3) is 22.4 Å². The molecule has 3 rings (SSSR count). The smallest absolute Gasteiger partial charge is 0.248 e. The standard InChI is InChI=1S/C16H18N4O2/c1-4-19(5-2)12-7-6-11-8-13-15(17)20(10(3)21)18-16(13)22-14(11)9-12/h6-9,17H,4-5H2,1-3H3. The van der Waals surface area contributed by atoms with E-state index in [0.717, 1.165) is 28.8 Å². The molecule has 22 heavy (non-hydrogen) atoms. The minimum Gasteiger partial charge on any atom is -0.436 e. The first-order valence-corrected chi connectivity index (χ1v) is 7.32. The van der Waals surface area contributed by atoms with E-state index >= 15 is 0 Å². The van der Waals surface area contributed by atoms with Gasteiger partial charge < -0.3 is 9.32 Å². The minimum absolute atomic E-state index is 0.0565. The second-order valence-electron chi connectivity index (χ2n) is 5.14. The van der Waals surface area contributed by atoms with E-state index in [4.69, 9.17) is 9.83 Å². The van der Waals surface area contributed by atoms with Gasteiger partial charge in [-0.05, 0) is 32.0 Å². The van der Waals surface area contributed by atoms with E-state index in [9.17, 15) is 4.79 Å². The largest absolute Gasteiger partial charge is 0.436 e. The Morgan fingerprint density at radius 2 is 2.05 bits per heavy atom. The van der Waals surface area contributed by atoms with Gasteiger partial charge in [0.25, 0.3) is 0 Å². The Balaban J connectivity index is 2.22. The molecule has 1 aromatic carbocycles. The van der Waals surface area contributed by atoms with Crippen LogP contribution in [0.2, 0.25) is 0 Å². The highest BCUT2D eigenvalue weighted by Crippen LogP contribution is 2.27. The first-order chi connectivity index (χ1) is 10.5. The first-order valence-electron chi connectivity index (χ1n) is 7.32. The van der Waals surface area contributed by atoms with Gasteiger partial charge in [0.1, 0.15) is 5.58 Å². The van der Waals surface area contributed by atoms with Gasteiger partial charge in [-0.3, -0.25) is 10.2 Å². The summed E-state index contributed by atoms with van der Waals surface area (Å²) in [5.41, 5.74) is 2.38. The highest BCUT2D eigenvalue weighted by Gasteiger charge is 2.18. The maximum atomic E-state index is 11.5. The Morgan fingerprint density at radius 1 is 1.32 bits per heavy atom. The average molecular weight is 298 g/mol. The summed E-state index contributed by atoms with van der Waals surface area (Å²) in [6.07, 6.45) is 0. The van der Waals surface area contributed by atoms with Crippen molar-refractivity contribution in [2.24, 2.45) is 0 Å². The van der Waals surface area contributed by atoms with Gasteiger partial charge >= 0.3 is 0 Å². The summed E-state index contributed by atoms with van der Waals surface area (Å²) in [4.78, 5) is 13.7. The van der Waals surface area contributed by atoms with E-state index in [1.54, 1.807) is 0 Å². The highest BCUT2D eigenvalue weighted by molar-refractivity contribution is 5.85. The number of anilines is 1. The predicted molar refractivity (Wildman–Crippen MR) is 84.3 cm³/mol. The highest BCUT2D eigenvalue weighted by atomic mass is 16.3. The summed E-state index contributed by atoms with van der Waals surface area (Å²) >= 11 is 0. The van der Waals surface area contributed by atoms with Crippen molar-refractivity contribution in [1.29, 1.82) is 5.41 Å². The summed E-state index contributed by atoms with van der Waals surface area (Å²) < 4.78 is 6.86. The second kappa shape index (κ2) is 5.29. The van der Waals surface area contributed by atoms with Crippen molar-refractivity contribution in [2.45, 2.75) is 20.8 Å². The number of rotatable bonds is 3. The number of fused-ring (bicyclic) bond motifs is 2. The van der Waals surface area contributed by atoms with Crippen molar-refractivity contribution >= 4 is 22.6 Å². The second-order valence-corrected chi connectivity index (χ2v) is 5.14. The lowest BCUT2D eigenvalue weighted by Crippen LogP contribution is -2.22. The van der Waals surface area contributed by atoms with Crippen molar-refractivity contribution in [1.82, 2.24) is 9.78 Å². The zero-order chi connectivity index (χ0) is 15.9. The number of nitrogens with one attached hydrogen (secondary N) is 1. The summed E-state index contributed by atoms with van der Waals surface area (Å²) in [5, 5.41) is 13.0. The van der Waals surface area contributed by atoms with Gasteiger partial charge in [-0.15, -0.1) is 5.10 Å². The first kappa shape index (κ1) is 14.3. The number of hydrogen-bond acceptors (Lipinski definition) is 5. The molecular weight excluding hydrogens is 280 g/mol. The monoisotopic (exact) mass is 298 g/mol. The molecule has 0 aliphatic carbocycles. The molecule has 0 amide bonds. The SMILES string of the molecule is CCN(CC)c1ccc2cc3c(=N)n(C(C)=O)nc-3oc2c1. The van der Waals surface area contributed by atoms with Crippen LogP contribution in [-0.4, -0.2) is 28.8 Å². The Labute approximate surface area is 127 Å². The fourth-order valence-corrected chi connectivity index (χ4v) is 2.62. The molecule has 0 aromatic heterocycles. The van der Waals surface area contributed by atoms with Gasteiger partial charge in [0, 0.05) is 37.2 Å². The van der Waals surface area contributed by atoms with Gasteiger partial charge in [-0.1, -0.05) is 0 Å². The van der Waals surface area contributed by atoms with Crippen molar-refractivity contribution in [3.8, 4) is 11.5 Å². The molecule has 0 unspecified atom stereocenters. The maximum Gasteiger partial charge on any atom is 0.248 e. The quantitative estimate of drug-likeness (QED) is 0.806. The van der Waals surface area contributed by atoms with Crippen LogP contribution in [0.5, 0.6) is 0 Å². The summed E-state index contributed by atoms with van der Waals surface area (Å²) in [7, 11) is 0. The lowest BCUT2D eigenvalue weighted by Gasteiger charge is -2.21. The minimum atomic E-state index is -0.302. The van der Waals surface area contributed by atoms with Crippen LogP contribution in [0.3, 0.4) is 0 Å². The Bertz CT molecular complexity index is 874. The molecule has 0 radical (unpaired) electrons. The number of benzene rings is 1. The molecule has 6 heteroatoms. The number of aromatic nitrogens is 2. The Kier molecular flexibility index (Phi) is 3.44. The molecule has 0 saturated carbocycles. The zero-order valence-corrected chi connectivity index (χ0v) is 12.9. The van der Waals surface area contributed by atoms with E-state index in [1.807, 2.05) is 24.3 Å². The molecule has 0 fully saturated rings. The van der Waals surface area contributed by atoms with Crippen LogP contribution in [0.1, 0.15) is 25.6 Å². The van der Waals surface area contributed by atoms with Crippen molar-refractivity contribution < 1.29 is 9.21 Å². The molecule has 114 valence electrons. The van der Waals surface area contributed by atoms with Crippen LogP contribution in [0, 0.1) is 5.41 Å². The average Bonchev–Trinajstić information content (AvgIpc) is 2.83. The van der Waals surface area contributed by atoms with E-state index in [0.29, 0.717) is 17.0 Å². The van der Waals surface area contributed by atoms with E-state index in [1.165, 1.54) is 6.92 Å². The van der Waals surface area contributed by atoms with Crippen molar-refractivity contribution in [3.63, 3.8) is 0 Å². The zero-order valence-electron chi connectivity index (χ0n) is 12.9. The molecule has 1 N–H and O–H groups in total. The fraction of sp³-hybridized carbons (Fsp3) is 0.312. The molecule has 2 aliphatic rings. The molecule has 2 aliphatic heterocycles. The Hall–Kier alpha value is -2.63. The fourth-order valence-electron chi connectivity index (χ4n) is 2.62. The summed E-state index contributed by atoms with van der Waals surface area (Å²) in [5.74, 6) is 0.00804. The predicted octanol–water partition coefficient (Wildman–Crippen LogP) is 2.72. The number of carbonyl (C=O) groups is 1. The summed E-state index contributed by atoms with van der Waals surface area (Å²) in [6.45, 7) is 7.42. The molecule has 0 atom stereocenters. The van der Waals surface area contributed by atoms with Gasteiger partial charge in [-0.25, -0.2) is 0 Å². The third-order valence-corrected chi connectivity index (χ3v) is 3.82. The molecule has 0 spiro atoms. The normalized spacial score (nSPS) is 11.2. The van der Waals surface area contributed by atoms with E-state index < -0.39 is 0 Å². The van der Waals surface area contributed by atoms with Crippen LogP contribution in [0.4, 0.5) is 5.69 Å². The topological polar surface area (TPSA) is 75.1 Å². The molecule has 0 bridgehead atoms. The van der Waals surface area contributed by atoms with E-state index in [2.05, 4.69) is 23.8 Å². The van der Waals surface area contributed by atoms with Crippen LogP contribution < -0.4 is 10.4 Å². The number of carbonyl (C=O) groups excluding carboxylic acids is 1.